The van der Waals surface area contributed by atoms with E-state index in [4.69, 9.17) is 9.84 Å². The number of para-hydroxylation sites is 2. The zero-order chi connectivity index (χ0) is 81.5. The number of carbonyl (C=O) groups is 9. The van der Waals surface area contributed by atoms with E-state index < -0.39 is 69.4 Å². The highest BCUT2D eigenvalue weighted by Gasteiger charge is 2.44. The molecule has 0 bridgehead atoms. The van der Waals surface area contributed by atoms with E-state index in [1.54, 1.807) is 0 Å². The van der Waals surface area contributed by atoms with Crippen LogP contribution < -0.4 is 30.9 Å². The first-order valence-corrected chi connectivity index (χ1v) is 41.8. The number of carboxylic acids is 3. The quantitative estimate of drug-likeness (QED) is 0.0102. The normalized spacial score (nSPS) is 16.1. The van der Waals surface area contributed by atoms with E-state index in [1.807, 2.05) is 97.1 Å². The second kappa shape index (κ2) is 43.8. The van der Waals surface area contributed by atoms with E-state index >= 15 is 0 Å². The number of allylic oxidation sites excluding steroid dienone is 7. The molecule has 5 aromatic rings. The van der Waals surface area contributed by atoms with Gasteiger partial charge in [-0.15, -0.1) is 0 Å². The Morgan fingerprint density at radius 2 is 1.19 bits per heavy atom. The van der Waals surface area contributed by atoms with E-state index in [0.29, 0.717) is 56.4 Å². The summed E-state index contributed by atoms with van der Waals surface area (Å²) in [7, 11) is -4.11. The number of amides is 4. The predicted molar refractivity (Wildman–Crippen MR) is 438 cm³/mol. The standard InChI is InChI=1S/C90H114N6O16S/c1-6-7-24-56-95-77-40-22-20-38-72(77)89(2,3)80(95)53-47-66-34-27-35-67(48-54-81-90(4,5)73-39-21-23-41-78(73)96(81)57-25-26-58-113(109,110)111)84(66)112-71-50-45-65(46-51-71)61-76(87(106)107)92-82(100)43-19-11-9-8-10-18-42-79(99)75(60-64-32-16-13-17-33-64)93-85(103)68(59-63-30-14-12-15-31-63)62-70(98)37-28-36-69(97)49-52-74(86(104)105)94-88(108)91-55-29-44-83(101)102/h12-17,20-23,30-33,38-41,45-48,50-51,53-54,68,74-76H,6-11,18-19,24-29,34-37,42-44,49,52,55-62H2,1-5H3,(H7-,91,92,93,94,100,101,102,103,104,105,106,107,108,109,110,111)/p+1/t68-,74+,75+,76+/m1/s1. The van der Waals surface area contributed by atoms with Crippen LogP contribution in [-0.4, -0.2) is 135 Å². The number of anilines is 1. The molecule has 4 atom stereocenters. The van der Waals surface area contributed by atoms with Crippen LogP contribution in [0.4, 0.5) is 16.2 Å². The van der Waals surface area contributed by atoms with Crippen LogP contribution in [0.5, 0.6) is 5.75 Å². The predicted octanol–water partition coefficient (Wildman–Crippen LogP) is 15.1. The summed E-state index contributed by atoms with van der Waals surface area (Å²) in [5.74, 6) is -4.94. The van der Waals surface area contributed by atoms with Gasteiger partial charge in [0.15, 0.2) is 11.5 Å². The Kier molecular flexibility index (Phi) is 34.3. The maximum atomic E-state index is 14.3. The first kappa shape index (κ1) is 88.4. The van der Waals surface area contributed by atoms with E-state index in [-0.39, 0.29) is 124 Å². The highest BCUT2D eigenvalue weighted by molar-refractivity contribution is 7.85. The molecule has 606 valence electrons. The number of carboxylic acid groups (broad SMARTS) is 3. The van der Waals surface area contributed by atoms with Crippen molar-refractivity contribution in [2.45, 2.75) is 237 Å². The van der Waals surface area contributed by atoms with Crippen LogP contribution in [0.1, 0.15) is 217 Å². The van der Waals surface area contributed by atoms with Crippen molar-refractivity contribution < 1.29 is 80.8 Å². The number of aliphatic carboxylic acids is 3. The summed E-state index contributed by atoms with van der Waals surface area (Å²) < 4.78 is 42.4. The topological polar surface area (TPSA) is 332 Å². The third-order valence-corrected chi connectivity index (χ3v) is 22.3. The Morgan fingerprint density at radius 3 is 1.86 bits per heavy atom. The lowest BCUT2D eigenvalue weighted by molar-refractivity contribution is -0.438. The molecule has 113 heavy (non-hydrogen) atoms. The fourth-order valence-electron chi connectivity index (χ4n) is 15.3. The third kappa shape index (κ3) is 27.6. The Labute approximate surface area is 665 Å². The van der Waals surface area contributed by atoms with Gasteiger partial charge in [-0.3, -0.25) is 33.3 Å². The summed E-state index contributed by atoms with van der Waals surface area (Å²) >= 11 is 0. The van der Waals surface area contributed by atoms with Gasteiger partial charge in [0.05, 0.1) is 17.2 Å². The first-order chi connectivity index (χ1) is 54.1. The Bertz CT molecular complexity index is 4390. The van der Waals surface area contributed by atoms with Gasteiger partial charge in [-0.25, -0.2) is 14.4 Å². The summed E-state index contributed by atoms with van der Waals surface area (Å²) in [4.78, 5) is 118. The largest absolute Gasteiger partial charge is 0.481 e. The fraction of sp³-hybridized carbons (Fsp3) is 0.467. The second-order valence-corrected chi connectivity index (χ2v) is 32.6. The molecule has 2 aliphatic heterocycles. The van der Waals surface area contributed by atoms with Crippen molar-refractivity contribution in [3.05, 3.63) is 208 Å². The molecule has 4 amide bonds. The van der Waals surface area contributed by atoms with Crippen LogP contribution in [0.3, 0.4) is 0 Å². The number of ketones is 3. The summed E-state index contributed by atoms with van der Waals surface area (Å²) in [6.45, 7) is 12.6. The van der Waals surface area contributed by atoms with Crippen LogP contribution in [0.25, 0.3) is 0 Å². The molecule has 3 aliphatic rings. The monoisotopic (exact) mass is 1570 g/mol. The number of urea groups is 1. The third-order valence-electron chi connectivity index (χ3n) is 21.5. The summed E-state index contributed by atoms with van der Waals surface area (Å²) in [6, 6.07) is 38.6. The Balaban J connectivity index is 0.847. The summed E-state index contributed by atoms with van der Waals surface area (Å²) in [5, 5.41) is 39.3. The van der Waals surface area contributed by atoms with Gasteiger partial charge in [0, 0.05) is 111 Å². The molecule has 0 fully saturated rings. The van der Waals surface area contributed by atoms with Crippen molar-refractivity contribution in [1.29, 1.82) is 0 Å². The number of hydrogen-bond donors (Lipinski definition) is 8. The number of carbonyl (C=O) groups excluding carboxylic acids is 6. The SMILES string of the molecule is CCCCC[N+]1=C(/C=C/C2=C(Oc3ccc(C[C@H](NC(=O)CCCCCCCCC(=O)[C@H](Cc4ccccc4)NC(=O)[C@@H](CC(=O)CCCC(=O)CC[C@H](NC(=O)NCCCC(=O)O)C(=O)O)Cc4ccccc4)C(=O)O)cc3)C(=C/C=C3/N(CCCCS(=O)(=O)O)c4ccccc4C3(C)C)/CCC2)C(C)(C)c2ccccc21. The van der Waals surface area contributed by atoms with E-state index in [2.05, 4.69) is 126 Å². The van der Waals surface area contributed by atoms with Crippen LogP contribution in [-0.2, 0) is 78.6 Å². The minimum absolute atomic E-state index is 0.0177. The van der Waals surface area contributed by atoms with Crippen molar-refractivity contribution in [2.75, 3.05) is 30.3 Å². The van der Waals surface area contributed by atoms with Crippen molar-refractivity contribution in [1.82, 2.24) is 21.3 Å². The minimum Gasteiger partial charge on any atom is -0.481 e. The van der Waals surface area contributed by atoms with Crippen LogP contribution in [0, 0.1) is 5.92 Å². The zero-order valence-corrected chi connectivity index (χ0v) is 67.0. The summed E-state index contributed by atoms with van der Waals surface area (Å²) in [6.07, 6.45) is 19.8. The van der Waals surface area contributed by atoms with Gasteiger partial charge in [-0.2, -0.15) is 13.0 Å². The molecule has 2 heterocycles. The molecule has 0 saturated heterocycles. The van der Waals surface area contributed by atoms with Crippen molar-refractivity contribution >= 4 is 80.3 Å². The van der Waals surface area contributed by atoms with Gasteiger partial charge < -0.3 is 46.2 Å². The number of Topliss-reactive ketones (excluding diaryl/α,β-unsaturated/α-hetero) is 3. The molecule has 0 saturated carbocycles. The molecule has 5 aromatic carbocycles. The maximum absolute atomic E-state index is 14.3. The molecule has 0 spiro atoms. The van der Waals surface area contributed by atoms with Gasteiger partial charge in [0.1, 0.15) is 41.7 Å². The highest BCUT2D eigenvalue weighted by atomic mass is 32.2. The number of ether oxygens (including phenoxy) is 1. The summed E-state index contributed by atoms with van der Waals surface area (Å²) in [5.41, 5.74) is 10.7. The average Bonchev–Trinajstić information content (AvgIpc) is 1.60. The number of nitrogens with one attached hydrogen (secondary N) is 4. The molecule has 22 nitrogen and oxygen atoms in total. The fourth-order valence-corrected chi connectivity index (χ4v) is 15.8. The molecule has 8 rings (SSSR count). The Morgan fingerprint density at radius 1 is 0.566 bits per heavy atom. The molecule has 0 aromatic heterocycles. The molecular weight excluding hydrogens is 1450 g/mol. The van der Waals surface area contributed by atoms with Crippen molar-refractivity contribution in [3.63, 3.8) is 0 Å². The Hall–Kier alpha value is -10.1. The number of hydrogen-bond acceptors (Lipinski definition) is 13. The van der Waals surface area contributed by atoms with Crippen molar-refractivity contribution in [2.24, 2.45) is 5.92 Å². The zero-order valence-electron chi connectivity index (χ0n) is 66.2. The lowest BCUT2D eigenvalue weighted by Gasteiger charge is -2.27. The van der Waals surface area contributed by atoms with E-state index in [9.17, 15) is 66.3 Å². The van der Waals surface area contributed by atoms with E-state index in [1.165, 1.54) is 17.0 Å². The van der Waals surface area contributed by atoms with Gasteiger partial charge in [-0.1, -0.05) is 168 Å². The number of benzene rings is 5. The van der Waals surface area contributed by atoms with Gasteiger partial charge in [0.25, 0.3) is 10.1 Å². The van der Waals surface area contributed by atoms with Crippen LogP contribution in [0.15, 0.2) is 180 Å². The number of rotatable bonds is 49. The molecule has 0 radical (unpaired) electrons. The highest BCUT2D eigenvalue weighted by Crippen LogP contribution is 2.48. The molecule has 0 unspecified atom stereocenters. The first-order valence-electron chi connectivity index (χ1n) is 40.2. The number of fused-ring (bicyclic) bond motifs is 2. The minimum atomic E-state index is -4.11. The molecule has 1 aliphatic carbocycles. The van der Waals surface area contributed by atoms with Crippen LogP contribution in [0.2, 0.25) is 0 Å². The van der Waals surface area contributed by atoms with Crippen molar-refractivity contribution in [3.8, 4) is 5.75 Å². The lowest BCUT2D eigenvalue weighted by atomic mass is 9.81. The number of nitrogens with zero attached hydrogens (tertiary/aromatic N) is 2. The number of unbranched alkanes of at least 4 members (excludes halogenated alkanes) is 8. The maximum Gasteiger partial charge on any atom is 0.326 e. The molecular formula is C90H115N6O16S+. The van der Waals surface area contributed by atoms with Crippen LogP contribution >= 0.6 is 0 Å². The van der Waals surface area contributed by atoms with E-state index in [0.717, 1.165) is 103 Å². The molecule has 23 heteroatoms. The van der Waals surface area contributed by atoms with Gasteiger partial charge in [-0.05, 0) is 161 Å². The lowest BCUT2D eigenvalue weighted by Crippen LogP contribution is -2.46. The van der Waals surface area contributed by atoms with Gasteiger partial charge in [0.2, 0.25) is 17.5 Å². The average molecular weight is 1570 g/mol. The second-order valence-electron chi connectivity index (χ2n) is 31.1. The van der Waals surface area contributed by atoms with Gasteiger partial charge >= 0.3 is 23.9 Å². The molecule has 8 N–H and O–H groups in total. The smallest absolute Gasteiger partial charge is 0.326 e.